The number of anilines is 2. The van der Waals surface area contributed by atoms with Crippen LogP contribution in [0.1, 0.15) is 39.2 Å². The standard InChI is InChI=1S/C27H28FN5O4/c1-26(2,3)13-21(31-23(35)22(34)30-17-10-8-16(28)9-11-17)24(36)33-15-27(12-18(33)14-29)19-6-4-5-7-20(19)32-25(27)37/h4-11,18,21H,12-13,15H2,1-3H3,(H,30,34)(H,31,35)(H,32,37)/t18-,21-,27-/m0/s1. The third-order valence-corrected chi connectivity index (χ3v) is 6.64. The van der Waals surface area contributed by atoms with Crippen molar-refractivity contribution in [2.45, 2.75) is 51.1 Å². The summed E-state index contributed by atoms with van der Waals surface area (Å²) in [6.45, 7) is 5.62. The molecule has 1 spiro atoms. The predicted molar refractivity (Wildman–Crippen MR) is 134 cm³/mol. The number of rotatable bonds is 4. The second-order valence-corrected chi connectivity index (χ2v) is 10.6. The van der Waals surface area contributed by atoms with E-state index in [1.807, 2.05) is 26.8 Å². The van der Waals surface area contributed by atoms with Crippen LogP contribution in [0.25, 0.3) is 0 Å². The molecule has 3 N–H and O–H groups in total. The molecule has 2 aromatic carbocycles. The highest BCUT2D eigenvalue weighted by atomic mass is 19.1. The van der Waals surface area contributed by atoms with Crippen molar-refractivity contribution < 1.29 is 23.6 Å². The van der Waals surface area contributed by atoms with Gasteiger partial charge in [-0.2, -0.15) is 5.26 Å². The molecule has 0 radical (unpaired) electrons. The van der Waals surface area contributed by atoms with Gasteiger partial charge in [0.15, 0.2) is 0 Å². The molecule has 2 heterocycles. The van der Waals surface area contributed by atoms with E-state index in [1.54, 1.807) is 18.2 Å². The van der Waals surface area contributed by atoms with Crippen LogP contribution in [-0.2, 0) is 24.6 Å². The molecule has 2 aliphatic rings. The van der Waals surface area contributed by atoms with Crippen LogP contribution < -0.4 is 16.0 Å². The van der Waals surface area contributed by atoms with Crippen LogP contribution in [-0.4, -0.2) is 47.2 Å². The van der Waals surface area contributed by atoms with E-state index in [0.29, 0.717) is 5.69 Å². The molecule has 2 aromatic rings. The molecule has 9 nitrogen and oxygen atoms in total. The highest BCUT2D eigenvalue weighted by Crippen LogP contribution is 2.46. The Hall–Kier alpha value is -4.26. The highest BCUT2D eigenvalue weighted by Gasteiger charge is 2.56. The number of nitriles is 1. The molecule has 0 aliphatic carbocycles. The fourth-order valence-electron chi connectivity index (χ4n) is 4.94. The lowest BCUT2D eigenvalue weighted by molar-refractivity contribution is -0.141. The maximum atomic E-state index is 13.8. The number of fused-ring (bicyclic) bond motifs is 2. The Labute approximate surface area is 214 Å². The van der Waals surface area contributed by atoms with Crippen LogP contribution in [0.15, 0.2) is 48.5 Å². The number of amides is 4. The van der Waals surface area contributed by atoms with Crippen molar-refractivity contribution in [3.8, 4) is 6.07 Å². The molecule has 0 saturated carbocycles. The molecule has 10 heteroatoms. The van der Waals surface area contributed by atoms with Crippen LogP contribution in [0.2, 0.25) is 0 Å². The number of benzene rings is 2. The number of carbonyl (C=O) groups excluding carboxylic acids is 4. The first-order valence-corrected chi connectivity index (χ1v) is 11.9. The van der Waals surface area contributed by atoms with Crippen molar-refractivity contribution in [3.05, 3.63) is 59.9 Å². The number of nitrogens with zero attached hydrogens (tertiary/aromatic N) is 2. The van der Waals surface area contributed by atoms with Gasteiger partial charge in [0.1, 0.15) is 17.9 Å². The number of hydrogen-bond donors (Lipinski definition) is 3. The van der Waals surface area contributed by atoms with Crippen molar-refractivity contribution in [1.29, 1.82) is 5.26 Å². The quantitative estimate of drug-likeness (QED) is 0.550. The van der Waals surface area contributed by atoms with Gasteiger partial charge in [-0.3, -0.25) is 19.2 Å². The van der Waals surface area contributed by atoms with Gasteiger partial charge in [0.25, 0.3) is 0 Å². The number of carbonyl (C=O) groups is 4. The molecule has 0 aromatic heterocycles. The van der Waals surface area contributed by atoms with E-state index in [-0.39, 0.29) is 31.0 Å². The van der Waals surface area contributed by atoms with E-state index in [2.05, 4.69) is 22.0 Å². The zero-order valence-electron chi connectivity index (χ0n) is 20.8. The van der Waals surface area contributed by atoms with Crippen LogP contribution in [0.5, 0.6) is 0 Å². The number of nitrogens with one attached hydrogen (secondary N) is 3. The van der Waals surface area contributed by atoms with E-state index in [9.17, 15) is 28.8 Å². The number of hydrogen-bond acceptors (Lipinski definition) is 5. The van der Waals surface area contributed by atoms with E-state index in [4.69, 9.17) is 0 Å². The van der Waals surface area contributed by atoms with Gasteiger partial charge >= 0.3 is 11.8 Å². The molecule has 4 amide bonds. The lowest BCUT2D eigenvalue weighted by atomic mass is 9.80. The lowest BCUT2D eigenvalue weighted by Gasteiger charge is -2.31. The molecule has 37 heavy (non-hydrogen) atoms. The SMILES string of the molecule is CC(C)(C)C[C@H](NC(=O)C(=O)Nc1ccc(F)cc1)C(=O)N1C[C@]2(C[C@H]1C#N)C(=O)Nc1ccccc12. The minimum Gasteiger partial charge on any atom is -0.336 e. The summed E-state index contributed by atoms with van der Waals surface area (Å²) < 4.78 is 13.1. The Bertz CT molecular complexity index is 1300. The average Bonchev–Trinajstić information content (AvgIpc) is 3.37. The van der Waals surface area contributed by atoms with E-state index < -0.39 is 46.5 Å². The van der Waals surface area contributed by atoms with E-state index >= 15 is 0 Å². The van der Waals surface area contributed by atoms with E-state index in [1.165, 1.54) is 17.0 Å². The van der Waals surface area contributed by atoms with Gasteiger partial charge in [0.05, 0.1) is 11.5 Å². The monoisotopic (exact) mass is 505 g/mol. The minimum absolute atomic E-state index is 0.0226. The van der Waals surface area contributed by atoms with Gasteiger partial charge in [-0.15, -0.1) is 0 Å². The Morgan fingerprint density at radius 3 is 2.49 bits per heavy atom. The van der Waals surface area contributed by atoms with Crippen molar-refractivity contribution in [2.24, 2.45) is 5.41 Å². The zero-order valence-corrected chi connectivity index (χ0v) is 20.8. The highest BCUT2D eigenvalue weighted by molar-refractivity contribution is 6.40. The molecule has 1 saturated heterocycles. The maximum Gasteiger partial charge on any atom is 0.313 e. The van der Waals surface area contributed by atoms with Crippen molar-refractivity contribution in [1.82, 2.24) is 10.2 Å². The first-order valence-electron chi connectivity index (χ1n) is 11.9. The summed E-state index contributed by atoms with van der Waals surface area (Å²) in [5.74, 6) is -3.37. The van der Waals surface area contributed by atoms with Crippen molar-refractivity contribution in [3.63, 3.8) is 0 Å². The Balaban J connectivity index is 1.56. The van der Waals surface area contributed by atoms with Crippen LogP contribution >= 0.6 is 0 Å². The van der Waals surface area contributed by atoms with Gasteiger partial charge in [-0.25, -0.2) is 4.39 Å². The predicted octanol–water partition coefficient (Wildman–Crippen LogP) is 2.70. The minimum atomic E-state index is -1.11. The fourth-order valence-corrected chi connectivity index (χ4v) is 4.94. The summed E-state index contributed by atoms with van der Waals surface area (Å²) in [4.78, 5) is 53.4. The first kappa shape index (κ1) is 25.8. The van der Waals surface area contributed by atoms with Gasteiger partial charge in [0.2, 0.25) is 11.8 Å². The average molecular weight is 506 g/mol. The largest absolute Gasteiger partial charge is 0.336 e. The molecule has 192 valence electrons. The Morgan fingerprint density at radius 1 is 1.16 bits per heavy atom. The zero-order chi connectivity index (χ0) is 27.0. The summed E-state index contributed by atoms with van der Waals surface area (Å²) in [5, 5.41) is 17.6. The lowest BCUT2D eigenvalue weighted by Crippen LogP contribution is -2.53. The summed E-state index contributed by atoms with van der Waals surface area (Å²) in [6, 6.07) is 12.2. The normalized spacial score (nSPS) is 21.1. The van der Waals surface area contributed by atoms with Gasteiger partial charge in [-0.1, -0.05) is 39.0 Å². The van der Waals surface area contributed by atoms with Crippen LogP contribution in [0, 0.1) is 22.6 Å². The van der Waals surface area contributed by atoms with Crippen molar-refractivity contribution in [2.75, 3.05) is 17.2 Å². The molecule has 4 rings (SSSR count). The molecular formula is C27H28FN5O4. The summed E-state index contributed by atoms with van der Waals surface area (Å²) in [5.41, 5.74) is 0.110. The third kappa shape index (κ3) is 5.16. The molecule has 1 fully saturated rings. The molecule has 2 aliphatic heterocycles. The number of likely N-dealkylation sites (tertiary alicyclic amines) is 1. The number of para-hydroxylation sites is 1. The fraction of sp³-hybridized carbons (Fsp3) is 0.370. The molecule has 3 atom stereocenters. The second-order valence-electron chi connectivity index (χ2n) is 10.6. The van der Waals surface area contributed by atoms with Gasteiger partial charge < -0.3 is 20.9 Å². The third-order valence-electron chi connectivity index (χ3n) is 6.64. The topological polar surface area (TPSA) is 131 Å². The summed E-state index contributed by atoms with van der Waals surface area (Å²) in [7, 11) is 0. The summed E-state index contributed by atoms with van der Waals surface area (Å²) in [6.07, 6.45) is 0.311. The Kier molecular flexibility index (Phi) is 6.74. The molecule has 0 unspecified atom stereocenters. The maximum absolute atomic E-state index is 13.8. The molecule has 0 bridgehead atoms. The van der Waals surface area contributed by atoms with E-state index in [0.717, 1.165) is 17.7 Å². The second kappa shape index (κ2) is 9.65. The van der Waals surface area contributed by atoms with Gasteiger partial charge in [-0.05, 0) is 47.7 Å². The first-order chi connectivity index (χ1) is 17.4. The van der Waals surface area contributed by atoms with Crippen molar-refractivity contribution >= 4 is 35.0 Å². The smallest absolute Gasteiger partial charge is 0.313 e. The summed E-state index contributed by atoms with van der Waals surface area (Å²) >= 11 is 0. The van der Waals surface area contributed by atoms with Crippen LogP contribution in [0.4, 0.5) is 15.8 Å². The van der Waals surface area contributed by atoms with Gasteiger partial charge in [0, 0.05) is 24.3 Å². The number of halogens is 1. The van der Waals surface area contributed by atoms with Crippen LogP contribution in [0.3, 0.4) is 0 Å². The Morgan fingerprint density at radius 2 is 1.84 bits per heavy atom. The molecular weight excluding hydrogens is 477 g/mol.